The molecular weight excluding hydrogens is 319 g/mol. The third kappa shape index (κ3) is 4.29. The van der Waals surface area contributed by atoms with Gasteiger partial charge >= 0.3 is 0 Å². The van der Waals surface area contributed by atoms with Gasteiger partial charge in [0.15, 0.2) is 9.84 Å². The zero-order valence-electron chi connectivity index (χ0n) is 12.8. The normalized spacial score (nSPS) is 24.1. The fourth-order valence-electron chi connectivity index (χ4n) is 3.19. The van der Waals surface area contributed by atoms with Crippen LogP contribution in [0.4, 0.5) is 4.39 Å². The van der Waals surface area contributed by atoms with Gasteiger partial charge in [-0.1, -0.05) is 6.92 Å². The number of benzene rings is 1. The average Bonchev–Trinajstić information content (AvgIpc) is 2.85. The highest BCUT2D eigenvalue weighted by Crippen LogP contribution is 2.38. The number of nitriles is 1. The third-order valence-electron chi connectivity index (χ3n) is 4.22. The highest BCUT2D eigenvalue weighted by Gasteiger charge is 2.39. The van der Waals surface area contributed by atoms with Crippen LogP contribution in [-0.4, -0.2) is 26.6 Å². The molecule has 1 saturated carbocycles. The Kier molecular flexibility index (Phi) is 5.37. The molecule has 23 heavy (non-hydrogen) atoms. The van der Waals surface area contributed by atoms with Gasteiger partial charge in [-0.3, -0.25) is 4.79 Å². The summed E-state index contributed by atoms with van der Waals surface area (Å²) in [7, 11) is -3.58. The van der Waals surface area contributed by atoms with Crippen LogP contribution in [0, 0.1) is 34.9 Å². The summed E-state index contributed by atoms with van der Waals surface area (Å²) < 4.78 is 37.9. The van der Waals surface area contributed by atoms with E-state index in [-0.39, 0.29) is 34.9 Å². The monoisotopic (exact) mass is 338 g/mol. The molecule has 1 aliphatic carbocycles. The van der Waals surface area contributed by atoms with Gasteiger partial charge in [-0.05, 0) is 48.9 Å². The molecule has 0 spiro atoms. The molecule has 7 heteroatoms. The lowest BCUT2D eigenvalue weighted by molar-refractivity contribution is -0.125. The van der Waals surface area contributed by atoms with E-state index < -0.39 is 21.6 Å². The molecule has 3 atom stereocenters. The summed E-state index contributed by atoms with van der Waals surface area (Å²) in [5, 5.41) is 11.1. The van der Waals surface area contributed by atoms with Gasteiger partial charge in [0.25, 0.3) is 0 Å². The van der Waals surface area contributed by atoms with Crippen molar-refractivity contribution in [3.05, 3.63) is 30.1 Å². The smallest absolute Gasteiger partial charge is 0.224 e. The maximum atomic E-state index is 12.9. The van der Waals surface area contributed by atoms with Gasteiger partial charge < -0.3 is 5.32 Å². The van der Waals surface area contributed by atoms with E-state index in [9.17, 15) is 17.6 Å². The minimum atomic E-state index is -3.58. The first kappa shape index (κ1) is 17.4. The zero-order valence-corrected chi connectivity index (χ0v) is 13.6. The Morgan fingerprint density at radius 2 is 2.00 bits per heavy atom. The molecule has 0 aromatic heterocycles. The van der Waals surface area contributed by atoms with E-state index in [4.69, 9.17) is 5.26 Å². The third-order valence-corrected chi connectivity index (χ3v) is 6.07. The number of halogens is 1. The van der Waals surface area contributed by atoms with Crippen molar-refractivity contribution < 1.29 is 17.6 Å². The van der Waals surface area contributed by atoms with Crippen molar-refractivity contribution in [2.75, 3.05) is 12.3 Å². The maximum absolute atomic E-state index is 12.9. The van der Waals surface area contributed by atoms with E-state index in [1.807, 2.05) is 13.0 Å². The fourth-order valence-corrected chi connectivity index (χ4v) is 4.86. The molecule has 124 valence electrons. The highest BCUT2D eigenvalue weighted by molar-refractivity contribution is 7.91. The molecule has 3 unspecified atom stereocenters. The Balaban J connectivity index is 2.14. The van der Waals surface area contributed by atoms with Crippen LogP contribution in [0.15, 0.2) is 29.2 Å². The molecule has 5 nitrogen and oxygen atoms in total. The van der Waals surface area contributed by atoms with Crippen molar-refractivity contribution in [2.45, 2.75) is 24.7 Å². The van der Waals surface area contributed by atoms with Crippen molar-refractivity contribution in [3.8, 4) is 6.07 Å². The van der Waals surface area contributed by atoms with E-state index in [1.54, 1.807) is 0 Å². The Labute approximate surface area is 135 Å². The largest absolute Gasteiger partial charge is 0.343 e. The number of rotatable bonds is 5. The first-order valence-corrected chi connectivity index (χ1v) is 9.11. The number of carbonyl (C=O) groups is 1. The van der Waals surface area contributed by atoms with Crippen LogP contribution in [0.25, 0.3) is 0 Å². The SMILES string of the molecule is CC1CC(CS(=O)(=O)c2ccc(F)cc2)C(C(=O)NCC#N)C1. The molecular formula is C16H19FN2O3S. The number of hydrogen-bond donors (Lipinski definition) is 1. The van der Waals surface area contributed by atoms with Crippen molar-refractivity contribution in [3.63, 3.8) is 0 Å². The summed E-state index contributed by atoms with van der Waals surface area (Å²) in [5.74, 6) is -1.36. The molecule has 1 N–H and O–H groups in total. The van der Waals surface area contributed by atoms with Gasteiger partial charge in [-0.15, -0.1) is 0 Å². The van der Waals surface area contributed by atoms with Crippen LogP contribution in [0.3, 0.4) is 0 Å². The average molecular weight is 338 g/mol. The van der Waals surface area contributed by atoms with Crippen LogP contribution in [0.1, 0.15) is 19.8 Å². The van der Waals surface area contributed by atoms with Crippen LogP contribution in [-0.2, 0) is 14.6 Å². The predicted octanol–water partition coefficient (Wildman–Crippen LogP) is 1.90. The number of nitrogens with zero attached hydrogens (tertiary/aromatic N) is 1. The van der Waals surface area contributed by atoms with E-state index >= 15 is 0 Å². The van der Waals surface area contributed by atoms with Gasteiger partial charge in [-0.2, -0.15) is 5.26 Å². The summed E-state index contributed by atoms with van der Waals surface area (Å²) in [6, 6.07) is 6.55. The summed E-state index contributed by atoms with van der Waals surface area (Å²) in [4.78, 5) is 12.2. The van der Waals surface area contributed by atoms with E-state index in [0.29, 0.717) is 12.8 Å². The zero-order chi connectivity index (χ0) is 17.0. The fraction of sp³-hybridized carbons (Fsp3) is 0.500. The van der Waals surface area contributed by atoms with Crippen LogP contribution < -0.4 is 5.32 Å². The van der Waals surface area contributed by atoms with Gasteiger partial charge in [-0.25, -0.2) is 12.8 Å². The molecule has 1 fully saturated rings. The predicted molar refractivity (Wildman–Crippen MR) is 82.5 cm³/mol. The molecule has 0 bridgehead atoms. The lowest BCUT2D eigenvalue weighted by Gasteiger charge is -2.18. The molecule has 0 aliphatic heterocycles. The molecule has 0 radical (unpaired) electrons. The second kappa shape index (κ2) is 7.09. The molecule has 0 heterocycles. The second-order valence-electron chi connectivity index (χ2n) is 6.05. The minimum absolute atomic E-state index is 0.0645. The second-order valence-corrected chi connectivity index (χ2v) is 8.09. The molecule has 1 aliphatic rings. The Hall–Kier alpha value is -1.94. The summed E-state index contributed by atoms with van der Waals surface area (Å²) in [6.07, 6.45) is 1.26. The van der Waals surface area contributed by atoms with Gasteiger partial charge in [0.05, 0.1) is 16.7 Å². The Bertz CT molecular complexity index is 710. The summed E-state index contributed by atoms with van der Waals surface area (Å²) in [5.41, 5.74) is 0. The first-order valence-electron chi connectivity index (χ1n) is 7.46. The summed E-state index contributed by atoms with van der Waals surface area (Å²) >= 11 is 0. The lowest BCUT2D eigenvalue weighted by Crippen LogP contribution is -2.35. The van der Waals surface area contributed by atoms with Gasteiger partial charge in [0.2, 0.25) is 5.91 Å². The van der Waals surface area contributed by atoms with Crippen LogP contribution >= 0.6 is 0 Å². The molecule has 1 aromatic carbocycles. The number of amides is 1. The lowest BCUT2D eigenvalue weighted by atomic mass is 9.97. The number of hydrogen-bond acceptors (Lipinski definition) is 4. The van der Waals surface area contributed by atoms with Gasteiger partial charge in [0.1, 0.15) is 12.4 Å². The van der Waals surface area contributed by atoms with E-state index in [0.717, 1.165) is 12.1 Å². The first-order chi connectivity index (χ1) is 10.8. The van der Waals surface area contributed by atoms with Crippen molar-refractivity contribution in [1.82, 2.24) is 5.32 Å². The highest BCUT2D eigenvalue weighted by atomic mass is 32.2. The van der Waals surface area contributed by atoms with E-state index in [1.165, 1.54) is 12.1 Å². The number of sulfone groups is 1. The number of carbonyl (C=O) groups excluding carboxylic acids is 1. The van der Waals surface area contributed by atoms with Crippen LogP contribution in [0.5, 0.6) is 0 Å². The molecule has 1 amide bonds. The minimum Gasteiger partial charge on any atom is -0.343 e. The van der Waals surface area contributed by atoms with Crippen molar-refractivity contribution in [2.24, 2.45) is 17.8 Å². The molecule has 1 aromatic rings. The topological polar surface area (TPSA) is 87.0 Å². The van der Waals surface area contributed by atoms with Crippen molar-refractivity contribution >= 4 is 15.7 Å². The van der Waals surface area contributed by atoms with Gasteiger partial charge in [0, 0.05) is 5.92 Å². The Morgan fingerprint density at radius 1 is 1.35 bits per heavy atom. The van der Waals surface area contributed by atoms with E-state index in [2.05, 4.69) is 5.32 Å². The molecule has 2 rings (SSSR count). The number of nitrogens with one attached hydrogen (secondary N) is 1. The molecule has 0 saturated heterocycles. The standard InChI is InChI=1S/C16H19FN2O3S/c1-11-8-12(15(9-11)16(20)19-7-6-18)10-23(21,22)14-4-2-13(17)3-5-14/h2-5,11-12,15H,7-10H2,1H3,(H,19,20). The van der Waals surface area contributed by atoms with Crippen molar-refractivity contribution in [1.29, 1.82) is 5.26 Å². The summed E-state index contributed by atoms with van der Waals surface area (Å²) in [6.45, 7) is 1.90. The van der Waals surface area contributed by atoms with Crippen LogP contribution in [0.2, 0.25) is 0 Å². The maximum Gasteiger partial charge on any atom is 0.224 e. The Morgan fingerprint density at radius 3 is 2.61 bits per heavy atom. The quantitative estimate of drug-likeness (QED) is 0.656.